The first-order chi connectivity index (χ1) is 26.4. The Kier molecular flexibility index (Phi) is 10.1. The van der Waals surface area contributed by atoms with Crippen LogP contribution in [-0.4, -0.2) is 83.4 Å². The fraction of sp³-hybridized carbons (Fsp3) is 0.146. The van der Waals surface area contributed by atoms with Gasteiger partial charge in [0.15, 0.2) is 51.8 Å². The van der Waals surface area contributed by atoms with Gasteiger partial charge >= 0.3 is 0 Å². The number of ketones is 1. The van der Waals surface area contributed by atoms with Gasteiger partial charge in [-0.15, -0.1) is 0 Å². The molecule has 0 saturated carbocycles. The van der Waals surface area contributed by atoms with Crippen molar-refractivity contribution in [2.75, 3.05) is 0 Å². The lowest BCUT2D eigenvalue weighted by Gasteiger charge is -2.23. The molecular weight excluding hydrogens is 732 g/mol. The van der Waals surface area contributed by atoms with Gasteiger partial charge in [0.05, 0.1) is 6.10 Å². The van der Waals surface area contributed by atoms with Crippen LogP contribution < -0.4 is 0 Å². The molecule has 14 N–H and O–H groups in total. The summed E-state index contributed by atoms with van der Waals surface area (Å²) in [5.74, 6) is -8.44. The summed E-state index contributed by atoms with van der Waals surface area (Å²) >= 11 is 0. The average Bonchev–Trinajstić information content (AvgIpc) is 3.13. The van der Waals surface area contributed by atoms with E-state index >= 15 is 0 Å². The number of phenolic OH excluding ortho intramolecular Hbond substituents is 11. The predicted molar refractivity (Wildman–Crippen MR) is 197 cm³/mol. The van der Waals surface area contributed by atoms with Crippen LogP contribution in [0, 0.1) is 5.92 Å². The van der Waals surface area contributed by atoms with Crippen LogP contribution in [0.1, 0.15) is 54.9 Å². The van der Waals surface area contributed by atoms with Crippen LogP contribution in [0.2, 0.25) is 0 Å². The molecule has 0 fully saturated rings. The Labute approximate surface area is 317 Å². The van der Waals surface area contributed by atoms with Crippen molar-refractivity contribution in [3.63, 3.8) is 0 Å². The van der Waals surface area contributed by atoms with Crippen molar-refractivity contribution < 1.29 is 76.3 Å². The summed E-state index contributed by atoms with van der Waals surface area (Å²) in [6.45, 7) is 0. The van der Waals surface area contributed by atoms with E-state index in [1.54, 1.807) is 0 Å². The van der Waals surface area contributed by atoms with Gasteiger partial charge in [0, 0.05) is 71.2 Å². The van der Waals surface area contributed by atoms with Gasteiger partial charge in [0.2, 0.25) is 0 Å². The van der Waals surface area contributed by atoms with E-state index in [1.165, 1.54) is 30.3 Å². The number of carbonyl (C=O) groups excluding carboxylic acids is 1. The topological polar surface area (TPSA) is 300 Å². The average molecular weight is 769 g/mol. The minimum absolute atomic E-state index is 0.0231. The lowest BCUT2D eigenvalue weighted by Crippen LogP contribution is -2.23. The summed E-state index contributed by atoms with van der Waals surface area (Å²) in [5, 5.41) is 145. The maximum Gasteiger partial charge on any atom is 0.193 e. The molecule has 2 atom stereocenters. The van der Waals surface area contributed by atoms with Gasteiger partial charge in [0.25, 0.3) is 0 Å². The first-order valence-electron chi connectivity index (χ1n) is 16.9. The Hall–Kier alpha value is -7.39. The van der Waals surface area contributed by atoms with Crippen LogP contribution in [0.4, 0.5) is 0 Å². The summed E-state index contributed by atoms with van der Waals surface area (Å²) in [4.78, 5) is 14.5. The van der Waals surface area contributed by atoms with E-state index in [4.69, 9.17) is 0 Å². The van der Waals surface area contributed by atoms with Crippen molar-refractivity contribution in [3.8, 4) is 63.2 Å². The number of aliphatic hydroxyl groups excluding tert-OH is 3. The number of aromatic hydroxyl groups is 11. The third-order valence-electron chi connectivity index (χ3n) is 9.59. The lowest BCUT2D eigenvalue weighted by atomic mass is 9.86. The van der Waals surface area contributed by atoms with Crippen LogP contribution in [0.15, 0.2) is 84.3 Å². The van der Waals surface area contributed by atoms with Gasteiger partial charge in [-0.2, -0.15) is 0 Å². The summed E-state index contributed by atoms with van der Waals surface area (Å²) in [6.07, 6.45) is -0.255. The van der Waals surface area contributed by atoms with E-state index in [2.05, 4.69) is 0 Å². The summed E-state index contributed by atoms with van der Waals surface area (Å²) in [6, 6.07) is 11.0. The zero-order chi connectivity index (χ0) is 40.7. The van der Waals surface area contributed by atoms with Gasteiger partial charge < -0.3 is 71.5 Å². The van der Waals surface area contributed by atoms with Crippen LogP contribution in [-0.2, 0) is 25.7 Å². The molecule has 0 bridgehead atoms. The molecule has 1 aliphatic carbocycles. The fourth-order valence-electron chi connectivity index (χ4n) is 6.57. The molecule has 6 rings (SSSR count). The predicted octanol–water partition coefficient (Wildman–Crippen LogP) is 4.87. The summed E-state index contributed by atoms with van der Waals surface area (Å²) in [5.41, 5.74) is 0.0939. The standard InChI is InChI=1S/C41H36O15/c42-27-13-35(50)31(46)9-17(27)1-21-5-25(6-22(39(21)54)2-18-10-32(47)36(51)14-28(18)43)41(56)26-7-23(3-19-11-33(48)37(52)15-29(19)44)40(55)24(8-26)4-20-12-34(49)38(53)16-30(20)45/h5-17,27,42-55H,1-4H2. The SMILES string of the molecule is O=C(c1cc(Cc2cc(O)c(O)cc2O)c(O)c(Cc2cc(O)c(O)cc2O)c1)c1cc(Cc2cc(O)c(O)cc2O)c(O)c(CC2C=C(O)C(O)=CC2O)c1. The highest BCUT2D eigenvalue weighted by molar-refractivity contribution is 6.09. The molecule has 5 aromatic carbocycles. The first-order valence-corrected chi connectivity index (χ1v) is 16.9. The molecule has 0 radical (unpaired) electrons. The molecule has 0 saturated heterocycles. The second kappa shape index (κ2) is 14.8. The van der Waals surface area contributed by atoms with Gasteiger partial charge in [-0.25, -0.2) is 0 Å². The van der Waals surface area contributed by atoms with Crippen LogP contribution in [0.3, 0.4) is 0 Å². The van der Waals surface area contributed by atoms with E-state index in [1.807, 2.05) is 0 Å². The Bertz CT molecular complexity index is 2380. The molecule has 15 heteroatoms. The van der Waals surface area contributed by atoms with Crippen molar-refractivity contribution in [3.05, 3.63) is 134 Å². The lowest BCUT2D eigenvalue weighted by molar-refractivity contribution is 0.103. The third-order valence-corrected chi connectivity index (χ3v) is 9.59. The van der Waals surface area contributed by atoms with Crippen molar-refractivity contribution in [1.29, 1.82) is 0 Å². The number of aliphatic hydroxyl groups is 3. The maximum atomic E-state index is 14.5. The second-order valence-electron chi connectivity index (χ2n) is 13.5. The number of benzene rings is 5. The molecule has 56 heavy (non-hydrogen) atoms. The molecule has 5 aromatic rings. The Balaban J connectivity index is 1.50. The molecule has 290 valence electrons. The van der Waals surface area contributed by atoms with E-state index in [-0.39, 0.29) is 81.5 Å². The fourth-order valence-corrected chi connectivity index (χ4v) is 6.57. The number of hydrogen-bond acceptors (Lipinski definition) is 15. The van der Waals surface area contributed by atoms with Crippen LogP contribution in [0.25, 0.3) is 0 Å². The van der Waals surface area contributed by atoms with Gasteiger partial charge in [0.1, 0.15) is 28.7 Å². The van der Waals surface area contributed by atoms with Gasteiger partial charge in [-0.3, -0.25) is 4.79 Å². The van der Waals surface area contributed by atoms with Crippen LogP contribution in [0.5, 0.6) is 63.2 Å². The highest BCUT2D eigenvalue weighted by atomic mass is 16.3. The highest BCUT2D eigenvalue weighted by Gasteiger charge is 2.27. The summed E-state index contributed by atoms with van der Waals surface area (Å²) < 4.78 is 0. The molecule has 0 amide bonds. The van der Waals surface area contributed by atoms with Crippen molar-refractivity contribution in [1.82, 2.24) is 0 Å². The molecule has 0 spiro atoms. The van der Waals surface area contributed by atoms with Gasteiger partial charge in [-0.1, -0.05) is 0 Å². The molecule has 0 heterocycles. The third kappa shape index (κ3) is 7.65. The number of hydrogen-bond donors (Lipinski definition) is 14. The Morgan fingerprint density at radius 3 is 1.11 bits per heavy atom. The van der Waals surface area contributed by atoms with E-state index < -0.39 is 86.8 Å². The van der Waals surface area contributed by atoms with Crippen molar-refractivity contribution in [2.45, 2.75) is 31.8 Å². The molecule has 0 aliphatic heterocycles. The van der Waals surface area contributed by atoms with Crippen LogP contribution >= 0.6 is 0 Å². The normalized spacial score (nSPS) is 15.3. The number of rotatable bonds is 10. The Morgan fingerprint density at radius 2 is 0.714 bits per heavy atom. The highest BCUT2D eigenvalue weighted by Crippen LogP contribution is 2.41. The maximum absolute atomic E-state index is 14.5. The minimum atomic E-state index is -1.32. The Morgan fingerprint density at radius 1 is 0.393 bits per heavy atom. The van der Waals surface area contributed by atoms with Crippen molar-refractivity contribution in [2.24, 2.45) is 5.92 Å². The second-order valence-corrected chi connectivity index (χ2v) is 13.5. The largest absolute Gasteiger partial charge is 0.508 e. The van der Waals surface area contributed by atoms with Crippen molar-refractivity contribution >= 4 is 5.78 Å². The quantitative estimate of drug-likeness (QED) is 0.0512. The number of phenols is 11. The zero-order valence-electron chi connectivity index (χ0n) is 29.1. The molecule has 2 unspecified atom stereocenters. The van der Waals surface area contributed by atoms with E-state index in [0.29, 0.717) is 0 Å². The first kappa shape index (κ1) is 38.3. The molecule has 0 aromatic heterocycles. The summed E-state index contributed by atoms with van der Waals surface area (Å²) in [7, 11) is 0. The molecular formula is C41H36O15. The minimum Gasteiger partial charge on any atom is -0.508 e. The zero-order valence-corrected chi connectivity index (χ0v) is 29.1. The smallest absolute Gasteiger partial charge is 0.193 e. The number of carbonyl (C=O) groups is 1. The van der Waals surface area contributed by atoms with E-state index in [9.17, 15) is 76.3 Å². The monoisotopic (exact) mass is 768 g/mol. The van der Waals surface area contributed by atoms with Gasteiger partial charge in [-0.05, 0) is 83.3 Å². The molecule has 1 aliphatic rings. The molecule has 15 nitrogen and oxygen atoms in total. The van der Waals surface area contributed by atoms with E-state index in [0.717, 1.165) is 42.5 Å².